The van der Waals surface area contributed by atoms with Crippen LogP contribution in [0.1, 0.15) is 25.7 Å². The molecule has 0 saturated carbocycles. The van der Waals surface area contributed by atoms with Crippen LogP contribution in [0.5, 0.6) is 0 Å². The van der Waals surface area contributed by atoms with Crippen molar-refractivity contribution in [3.8, 4) is 0 Å². The van der Waals surface area contributed by atoms with Gasteiger partial charge in [0.1, 0.15) is 0 Å². The second kappa shape index (κ2) is 8.43. The minimum absolute atomic E-state index is 0.0426. The maximum absolute atomic E-state index is 12.9. The summed E-state index contributed by atoms with van der Waals surface area (Å²) in [4.78, 5) is 30.5. The number of nitrogens with zero attached hydrogens (tertiary/aromatic N) is 3. The number of hydrogen-bond acceptors (Lipinski definition) is 3. The monoisotopic (exact) mass is 358 g/mol. The van der Waals surface area contributed by atoms with Crippen molar-refractivity contribution in [1.82, 2.24) is 14.7 Å². The molecule has 1 aromatic rings. The molecule has 142 valence electrons. The fraction of sp³-hybridized carbons (Fsp3) is 0.600. The zero-order valence-electron chi connectivity index (χ0n) is 15.9. The molecule has 0 bridgehead atoms. The first-order chi connectivity index (χ1) is 12.5. The van der Waals surface area contributed by atoms with Gasteiger partial charge in [0.2, 0.25) is 5.91 Å². The Kier molecular flexibility index (Phi) is 6.01. The zero-order chi connectivity index (χ0) is 18.5. The van der Waals surface area contributed by atoms with Crippen LogP contribution in [-0.2, 0) is 4.79 Å². The molecule has 26 heavy (non-hydrogen) atoms. The fourth-order valence-corrected chi connectivity index (χ4v) is 3.92. The molecule has 1 aromatic carbocycles. The van der Waals surface area contributed by atoms with Crippen molar-refractivity contribution in [3.05, 3.63) is 30.3 Å². The van der Waals surface area contributed by atoms with Crippen molar-refractivity contribution in [3.63, 3.8) is 0 Å². The van der Waals surface area contributed by atoms with Crippen LogP contribution in [0.15, 0.2) is 30.3 Å². The van der Waals surface area contributed by atoms with Gasteiger partial charge >= 0.3 is 6.03 Å². The van der Waals surface area contributed by atoms with E-state index in [1.165, 1.54) is 0 Å². The Morgan fingerprint density at radius 1 is 1.00 bits per heavy atom. The van der Waals surface area contributed by atoms with Gasteiger partial charge in [0.25, 0.3) is 0 Å². The number of piperidine rings is 2. The quantitative estimate of drug-likeness (QED) is 0.903. The van der Waals surface area contributed by atoms with Crippen LogP contribution in [0.4, 0.5) is 10.5 Å². The van der Waals surface area contributed by atoms with Crippen LogP contribution in [-0.4, -0.2) is 73.0 Å². The average Bonchev–Trinajstić information content (AvgIpc) is 2.68. The minimum atomic E-state index is 0.0426. The summed E-state index contributed by atoms with van der Waals surface area (Å²) in [5, 5.41) is 3.55. The van der Waals surface area contributed by atoms with E-state index in [0.717, 1.165) is 44.5 Å². The molecule has 0 unspecified atom stereocenters. The van der Waals surface area contributed by atoms with Crippen LogP contribution in [0, 0.1) is 5.92 Å². The summed E-state index contributed by atoms with van der Waals surface area (Å²) >= 11 is 0. The van der Waals surface area contributed by atoms with Gasteiger partial charge in [-0.25, -0.2) is 4.79 Å². The molecule has 2 aliphatic rings. The van der Waals surface area contributed by atoms with Crippen molar-refractivity contribution in [2.75, 3.05) is 45.6 Å². The number of rotatable bonds is 3. The third kappa shape index (κ3) is 4.48. The van der Waals surface area contributed by atoms with E-state index in [0.29, 0.717) is 19.1 Å². The van der Waals surface area contributed by atoms with E-state index < -0.39 is 0 Å². The zero-order valence-corrected chi connectivity index (χ0v) is 15.9. The van der Waals surface area contributed by atoms with Crippen LogP contribution in [0.2, 0.25) is 0 Å². The predicted octanol–water partition coefficient (Wildman–Crippen LogP) is 2.48. The van der Waals surface area contributed by atoms with E-state index in [1.54, 1.807) is 19.0 Å². The van der Waals surface area contributed by atoms with Crippen molar-refractivity contribution in [1.29, 1.82) is 0 Å². The third-order valence-electron chi connectivity index (χ3n) is 5.37. The van der Waals surface area contributed by atoms with Gasteiger partial charge in [-0.2, -0.15) is 0 Å². The van der Waals surface area contributed by atoms with E-state index in [-0.39, 0.29) is 17.9 Å². The van der Waals surface area contributed by atoms with Crippen LogP contribution < -0.4 is 5.32 Å². The Labute approximate surface area is 156 Å². The van der Waals surface area contributed by atoms with E-state index in [9.17, 15) is 9.59 Å². The summed E-state index contributed by atoms with van der Waals surface area (Å²) in [5.74, 6) is 0.318. The number of carbonyl (C=O) groups is 2. The Balaban J connectivity index is 1.51. The Hall–Kier alpha value is -2.24. The van der Waals surface area contributed by atoms with Gasteiger partial charge < -0.3 is 20.0 Å². The highest BCUT2D eigenvalue weighted by molar-refractivity contribution is 5.80. The topological polar surface area (TPSA) is 55.9 Å². The molecule has 0 aromatic heterocycles. The standard InChI is InChI=1S/C20H30N4O2/c1-22(2)20(26)23-13-10-16(11-14-23)19(25)24-12-6-9-18(15-24)21-17-7-4-3-5-8-17/h3-5,7-8,16,18,21H,6,9-15H2,1-2H3/t18-/m0/s1. The molecular formula is C20H30N4O2. The van der Waals surface area contributed by atoms with Crippen LogP contribution in [0.25, 0.3) is 0 Å². The molecule has 2 aliphatic heterocycles. The molecule has 6 nitrogen and oxygen atoms in total. The summed E-state index contributed by atoms with van der Waals surface area (Å²) in [6.07, 6.45) is 3.67. The molecular weight excluding hydrogens is 328 g/mol. The first-order valence-corrected chi connectivity index (χ1v) is 9.61. The largest absolute Gasteiger partial charge is 0.381 e. The number of para-hydroxylation sites is 1. The molecule has 0 spiro atoms. The number of carbonyl (C=O) groups excluding carboxylic acids is 2. The highest BCUT2D eigenvalue weighted by Crippen LogP contribution is 2.23. The van der Waals surface area contributed by atoms with E-state index >= 15 is 0 Å². The second-order valence-corrected chi connectivity index (χ2v) is 7.57. The molecule has 6 heteroatoms. The van der Waals surface area contributed by atoms with Crippen molar-refractivity contribution < 1.29 is 9.59 Å². The summed E-state index contributed by atoms with van der Waals surface area (Å²) < 4.78 is 0. The number of hydrogen-bond donors (Lipinski definition) is 1. The van der Waals surface area contributed by atoms with E-state index in [4.69, 9.17) is 0 Å². The molecule has 2 saturated heterocycles. The predicted molar refractivity (Wildman–Crippen MR) is 103 cm³/mol. The van der Waals surface area contributed by atoms with Crippen LogP contribution >= 0.6 is 0 Å². The lowest BCUT2D eigenvalue weighted by molar-refractivity contribution is -0.138. The van der Waals surface area contributed by atoms with Crippen LogP contribution in [0.3, 0.4) is 0 Å². The number of urea groups is 1. The first-order valence-electron chi connectivity index (χ1n) is 9.61. The Morgan fingerprint density at radius 3 is 2.35 bits per heavy atom. The van der Waals surface area contributed by atoms with E-state index in [2.05, 4.69) is 17.4 Å². The van der Waals surface area contributed by atoms with Crippen molar-refractivity contribution in [2.45, 2.75) is 31.7 Å². The van der Waals surface area contributed by atoms with Gasteiger partial charge in [0.05, 0.1) is 0 Å². The van der Waals surface area contributed by atoms with Gasteiger partial charge in [0.15, 0.2) is 0 Å². The van der Waals surface area contributed by atoms with E-state index in [1.807, 2.05) is 28.0 Å². The Morgan fingerprint density at radius 2 is 1.69 bits per heavy atom. The highest BCUT2D eigenvalue weighted by atomic mass is 16.2. The molecule has 1 atom stereocenters. The molecule has 3 amide bonds. The minimum Gasteiger partial charge on any atom is -0.381 e. The molecule has 2 heterocycles. The smallest absolute Gasteiger partial charge is 0.319 e. The summed E-state index contributed by atoms with van der Waals surface area (Å²) in [5.41, 5.74) is 1.11. The molecule has 1 N–H and O–H groups in total. The third-order valence-corrected chi connectivity index (χ3v) is 5.37. The average molecular weight is 358 g/mol. The molecule has 0 aliphatic carbocycles. The number of nitrogens with one attached hydrogen (secondary N) is 1. The SMILES string of the molecule is CN(C)C(=O)N1CCC(C(=O)N2CCC[C@H](Nc3ccccc3)C2)CC1. The normalized spacial score (nSPS) is 21.4. The second-order valence-electron chi connectivity index (χ2n) is 7.57. The van der Waals surface area contributed by atoms with Gasteiger partial charge in [0, 0.05) is 57.9 Å². The lowest BCUT2D eigenvalue weighted by atomic mass is 9.94. The highest BCUT2D eigenvalue weighted by Gasteiger charge is 2.32. The van der Waals surface area contributed by atoms with Gasteiger partial charge in [-0.05, 0) is 37.8 Å². The number of benzene rings is 1. The molecule has 3 rings (SSSR count). The van der Waals surface area contributed by atoms with Crippen molar-refractivity contribution in [2.24, 2.45) is 5.92 Å². The van der Waals surface area contributed by atoms with Gasteiger partial charge in [-0.15, -0.1) is 0 Å². The summed E-state index contributed by atoms with van der Waals surface area (Å²) in [6.45, 7) is 2.97. The number of amides is 3. The molecule has 0 radical (unpaired) electrons. The first kappa shape index (κ1) is 18.5. The lowest BCUT2D eigenvalue weighted by Crippen LogP contribution is -2.50. The van der Waals surface area contributed by atoms with Crippen molar-refractivity contribution >= 4 is 17.6 Å². The summed E-state index contributed by atoms with van der Waals surface area (Å²) in [7, 11) is 3.54. The number of likely N-dealkylation sites (tertiary alicyclic amines) is 2. The maximum atomic E-state index is 12.9. The summed E-state index contributed by atoms with van der Waals surface area (Å²) in [6, 6.07) is 10.5. The maximum Gasteiger partial charge on any atom is 0.319 e. The number of anilines is 1. The van der Waals surface area contributed by atoms with Gasteiger partial charge in [-0.1, -0.05) is 18.2 Å². The lowest BCUT2D eigenvalue weighted by Gasteiger charge is -2.38. The van der Waals surface area contributed by atoms with Gasteiger partial charge in [-0.3, -0.25) is 4.79 Å². The molecule has 2 fully saturated rings. The Bertz CT molecular complexity index is 611. The fourth-order valence-electron chi connectivity index (χ4n) is 3.92.